The topological polar surface area (TPSA) is 61.8 Å². The van der Waals surface area contributed by atoms with Crippen molar-refractivity contribution in [1.82, 2.24) is 9.38 Å². The van der Waals surface area contributed by atoms with E-state index in [4.69, 9.17) is 15.2 Å². The van der Waals surface area contributed by atoms with Crippen LogP contribution in [0.25, 0.3) is 16.2 Å². The summed E-state index contributed by atoms with van der Waals surface area (Å²) < 4.78 is 12.9. The van der Waals surface area contributed by atoms with E-state index in [-0.39, 0.29) is 6.79 Å². The molecule has 21 heavy (non-hydrogen) atoms. The molecule has 1 aliphatic heterocycles. The first-order valence-electron chi connectivity index (χ1n) is 6.85. The monoisotopic (exact) mass is 301 g/mol. The van der Waals surface area contributed by atoms with Crippen molar-refractivity contribution in [2.45, 2.75) is 20.3 Å². The number of aryl methyl sites for hydroxylation is 2. The number of hydrogen-bond acceptors (Lipinski definition) is 5. The van der Waals surface area contributed by atoms with E-state index in [1.807, 2.05) is 29.5 Å². The van der Waals surface area contributed by atoms with Crippen LogP contribution in [0.15, 0.2) is 18.2 Å². The zero-order valence-electron chi connectivity index (χ0n) is 11.8. The number of nitrogen functional groups attached to an aromatic ring is 1. The maximum atomic E-state index is 6.21. The average Bonchev–Trinajstić information content (AvgIpc) is 3.14. The number of nitrogens with two attached hydrogens (primary N) is 1. The fraction of sp³-hybridized carbons (Fsp3) is 0.267. The Morgan fingerprint density at radius 2 is 2.14 bits per heavy atom. The first kappa shape index (κ1) is 12.5. The van der Waals surface area contributed by atoms with Crippen LogP contribution in [0.5, 0.6) is 11.5 Å². The van der Waals surface area contributed by atoms with Gasteiger partial charge in [-0.15, -0.1) is 11.3 Å². The highest BCUT2D eigenvalue weighted by Gasteiger charge is 2.20. The molecule has 0 amide bonds. The lowest BCUT2D eigenvalue weighted by Gasteiger charge is -2.06. The third-order valence-corrected chi connectivity index (χ3v) is 4.92. The number of thiazole rings is 1. The first-order valence-corrected chi connectivity index (χ1v) is 7.67. The van der Waals surface area contributed by atoms with Gasteiger partial charge in [-0.2, -0.15) is 0 Å². The third kappa shape index (κ3) is 1.72. The second-order valence-electron chi connectivity index (χ2n) is 5.00. The maximum absolute atomic E-state index is 6.21. The molecule has 0 radical (unpaired) electrons. The van der Waals surface area contributed by atoms with Gasteiger partial charge in [-0.25, -0.2) is 4.98 Å². The molecule has 1 aliphatic rings. The molecule has 0 spiro atoms. The summed E-state index contributed by atoms with van der Waals surface area (Å²) in [4.78, 5) is 6.75. The summed E-state index contributed by atoms with van der Waals surface area (Å²) in [5.74, 6) is 2.27. The highest BCUT2D eigenvalue weighted by atomic mass is 32.1. The van der Waals surface area contributed by atoms with Crippen LogP contribution >= 0.6 is 11.3 Å². The fourth-order valence-electron chi connectivity index (χ4n) is 2.66. The predicted molar refractivity (Wildman–Crippen MR) is 83.2 cm³/mol. The van der Waals surface area contributed by atoms with Crippen LogP contribution in [0.1, 0.15) is 17.5 Å². The Labute approximate surface area is 125 Å². The number of hydrogen-bond donors (Lipinski definition) is 1. The van der Waals surface area contributed by atoms with Gasteiger partial charge in [0.1, 0.15) is 5.82 Å². The van der Waals surface area contributed by atoms with E-state index in [1.165, 1.54) is 4.88 Å². The van der Waals surface area contributed by atoms with Crippen LogP contribution in [-0.4, -0.2) is 16.2 Å². The molecule has 0 unspecified atom stereocenters. The van der Waals surface area contributed by atoms with Gasteiger partial charge in [0.05, 0.1) is 11.4 Å². The molecular weight excluding hydrogens is 286 g/mol. The minimum Gasteiger partial charge on any atom is -0.454 e. The van der Waals surface area contributed by atoms with Gasteiger partial charge in [-0.05, 0) is 31.5 Å². The van der Waals surface area contributed by atoms with Crippen molar-refractivity contribution < 1.29 is 9.47 Å². The number of nitrogens with zero attached hydrogens (tertiary/aromatic N) is 2. The molecule has 0 aliphatic carbocycles. The molecule has 6 heteroatoms. The van der Waals surface area contributed by atoms with Crippen molar-refractivity contribution in [3.05, 3.63) is 28.8 Å². The summed E-state index contributed by atoms with van der Waals surface area (Å²) in [6.45, 7) is 4.36. The summed E-state index contributed by atoms with van der Waals surface area (Å²) in [6, 6.07) is 6.00. The number of rotatable bonds is 2. The molecule has 0 saturated carbocycles. The van der Waals surface area contributed by atoms with E-state index in [0.29, 0.717) is 5.82 Å². The number of fused-ring (bicyclic) bond motifs is 2. The molecule has 2 aromatic heterocycles. The summed E-state index contributed by atoms with van der Waals surface area (Å²) >= 11 is 1.69. The van der Waals surface area contributed by atoms with Gasteiger partial charge in [0.25, 0.3) is 0 Å². The van der Waals surface area contributed by atoms with Crippen molar-refractivity contribution in [3.63, 3.8) is 0 Å². The van der Waals surface area contributed by atoms with Gasteiger partial charge >= 0.3 is 0 Å². The molecule has 5 nitrogen and oxygen atoms in total. The van der Waals surface area contributed by atoms with E-state index in [1.54, 1.807) is 11.3 Å². The van der Waals surface area contributed by atoms with Crippen LogP contribution < -0.4 is 15.2 Å². The Kier molecular flexibility index (Phi) is 2.62. The van der Waals surface area contributed by atoms with Crippen molar-refractivity contribution in [3.8, 4) is 22.8 Å². The minimum absolute atomic E-state index is 0.283. The molecule has 1 aromatic carbocycles. The van der Waals surface area contributed by atoms with Gasteiger partial charge in [0.2, 0.25) is 6.79 Å². The van der Waals surface area contributed by atoms with E-state index in [2.05, 4.69) is 11.9 Å². The van der Waals surface area contributed by atoms with Crippen LogP contribution in [0, 0.1) is 6.92 Å². The summed E-state index contributed by atoms with van der Waals surface area (Å²) in [5.41, 5.74) is 9.26. The zero-order valence-corrected chi connectivity index (χ0v) is 12.7. The lowest BCUT2D eigenvalue weighted by atomic mass is 10.1. The van der Waals surface area contributed by atoms with Crippen molar-refractivity contribution in [2.24, 2.45) is 0 Å². The number of aromatic nitrogens is 2. The Hall–Kier alpha value is -2.21. The van der Waals surface area contributed by atoms with Crippen LogP contribution in [0.3, 0.4) is 0 Å². The van der Waals surface area contributed by atoms with E-state index >= 15 is 0 Å². The Morgan fingerprint density at radius 3 is 2.95 bits per heavy atom. The SMILES string of the molecule is CCc1sc2nc(C)c(N)n2c1-c1ccc2c(c1)OCO2. The fourth-order valence-corrected chi connectivity index (χ4v) is 3.79. The number of anilines is 1. The molecular formula is C15H15N3O2S. The van der Waals surface area contributed by atoms with Crippen LogP contribution in [0.4, 0.5) is 5.82 Å². The summed E-state index contributed by atoms with van der Waals surface area (Å²) in [6.07, 6.45) is 0.941. The second-order valence-corrected chi connectivity index (χ2v) is 6.06. The summed E-state index contributed by atoms with van der Waals surface area (Å²) in [7, 11) is 0. The molecule has 0 saturated heterocycles. The highest BCUT2D eigenvalue weighted by molar-refractivity contribution is 7.17. The van der Waals surface area contributed by atoms with Crippen molar-refractivity contribution >= 4 is 22.1 Å². The standard InChI is InChI=1S/C15H15N3O2S/c1-3-12-13(18-14(16)8(2)17-15(18)21-12)9-4-5-10-11(6-9)20-7-19-10/h4-6H,3,7,16H2,1-2H3. The summed E-state index contributed by atoms with van der Waals surface area (Å²) in [5, 5.41) is 0. The molecule has 0 bridgehead atoms. The van der Waals surface area contributed by atoms with Gasteiger partial charge in [0.15, 0.2) is 16.5 Å². The molecule has 2 N–H and O–H groups in total. The van der Waals surface area contributed by atoms with E-state index in [9.17, 15) is 0 Å². The molecule has 108 valence electrons. The minimum atomic E-state index is 0.283. The van der Waals surface area contributed by atoms with Gasteiger partial charge in [-0.3, -0.25) is 4.40 Å². The lowest BCUT2D eigenvalue weighted by molar-refractivity contribution is 0.174. The van der Waals surface area contributed by atoms with Crippen LogP contribution in [-0.2, 0) is 6.42 Å². The van der Waals surface area contributed by atoms with Crippen molar-refractivity contribution in [1.29, 1.82) is 0 Å². The molecule has 3 heterocycles. The Balaban J connectivity index is 2.00. The number of ether oxygens (including phenoxy) is 2. The van der Waals surface area contributed by atoms with E-state index in [0.717, 1.165) is 39.8 Å². The highest BCUT2D eigenvalue weighted by Crippen LogP contribution is 2.40. The number of imidazole rings is 1. The predicted octanol–water partition coefficient (Wildman–Crippen LogP) is 3.24. The lowest BCUT2D eigenvalue weighted by Crippen LogP contribution is -1.97. The molecule has 0 fully saturated rings. The first-order chi connectivity index (χ1) is 10.2. The molecule has 0 atom stereocenters. The quantitative estimate of drug-likeness (QED) is 0.789. The average molecular weight is 301 g/mol. The second kappa shape index (κ2) is 4.39. The normalized spacial score (nSPS) is 13.2. The van der Waals surface area contributed by atoms with Gasteiger partial charge in [-0.1, -0.05) is 6.92 Å². The zero-order chi connectivity index (χ0) is 14.6. The third-order valence-electron chi connectivity index (χ3n) is 3.74. The van der Waals surface area contributed by atoms with Gasteiger partial charge < -0.3 is 15.2 Å². The van der Waals surface area contributed by atoms with Crippen LogP contribution in [0.2, 0.25) is 0 Å². The van der Waals surface area contributed by atoms with Crippen molar-refractivity contribution in [2.75, 3.05) is 12.5 Å². The Morgan fingerprint density at radius 1 is 1.33 bits per heavy atom. The van der Waals surface area contributed by atoms with E-state index < -0.39 is 0 Å². The molecule has 4 rings (SSSR count). The Bertz CT molecular complexity index is 850. The maximum Gasteiger partial charge on any atom is 0.231 e. The van der Waals surface area contributed by atoms with Gasteiger partial charge in [0, 0.05) is 10.4 Å². The number of benzene rings is 1. The largest absolute Gasteiger partial charge is 0.454 e. The molecule has 3 aromatic rings. The smallest absolute Gasteiger partial charge is 0.231 e.